The van der Waals surface area contributed by atoms with Crippen LogP contribution >= 0.6 is 0 Å². The smallest absolute Gasteiger partial charge is 0.0679 e. The van der Waals surface area contributed by atoms with Crippen LogP contribution in [-0.4, -0.2) is 48.3 Å². The molecule has 11 heavy (non-hydrogen) atoms. The number of hydrogen-bond donors (Lipinski definition) is 2. The van der Waals surface area contributed by atoms with E-state index in [2.05, 4.69) is 10.2 Å². The lowest BCUT2D eigenvalue weighted by atomic mass is 10.2. The normalized spacial score (nSPS) is 40.1. The third-order valence-electron chi connectivity index (χ3n) is 2.75. The monoisotopic (exact) mass is 156 g/mol. The zero-order valence-electron chi connectivity index (χ0n) is 6.79. The number of aliphatic hydroxyl groups excluding tert-OH is 1. The maximum Gasteiger partial charge on any atom is 0.0679 e. The second-order valence-corrected chi connectivity index (χ2v) is 3.58. The number of likely N-dealkylation sites (tertiary alicyclic amines) is 1. The molecule has 2 rings (SSSR count). The first-order valence-electron chi connectivity index (χ1n) is 4.49. The molecule has 2 aliphatic rings. The number of rotatable bonds is 1. The zero-order valence-corrected chi connectivity index (χ0v) is 6.79. The van der Waals surface area contributed by atoms with Crippen molar-refractivity contribution < 1.29 is 5.11 Å². The Morgan fingerprint density at radius 3 is 2.82 bits per heavy atom. The Morgan fingerprint density at radius 1 is 1.36 bits per heavy atom. The van der Waals surface area contributed by atoms with E-state index in [0.29, 0.717) is 6.04 Å². The molecule has 2 heterocycles. The van der Waals surface area contributed by atoms with Gasteiger partial charge in [0, 0.05) is 25.7 Å². The van der Waals surface area contributed by atoms with Crippen molar-refractivity contribution in [3.63, 3.8) is 0 Å². The molecule has 0 unspecified atom stereocenters. The number of aliphatic hydroxyl groups is 1. The van der Waals surface area contributed by atoms with Crippen molar-refractivity contribution in [3.05, 3.63) is 0 Å². The van der Waals surface area contributed by atoms with Crippen LogP contribution in [0.5, 0.6) is 0 Å². The minimum Gasteiger partial charge on any atom is -0.392 e. The van der Waals surface area contributed by atoms with Crippen molar-refractivity contribution in [2.75, 3.05) is 26.2 Å². The zero-order chi connectivity index (χ0) is 7.68. The summed E-state index contributed by atoms with van der Waals surface area (Å²) in [5, 5.41) is 12.6. The molecule has 0 saturated carbocycles. The molecule has 0 bridgehead atoms. The Balaban J connectivity index is 1.85. The highest BCUT2D eigenvalue weighted by atomic mass is 16.3. The van der Waals surface area contributed by atoms with Gasteiger partial charge in [0.25, 0.3) is 0 Å². The van der Waals surface area contributed by atoms with E-state index < -0.39 is 0 Å². The van der Waals surface area contributed by atoms with Crippen LogP contribution in [0.15, 0.2) is 0 Å². The fraction of sp³-hybridized carbons (Fsp3) is 1.00. The molecule has 2 aliphatic heterocycles. The molecule has 64 valence electrons. The van der Waals surface area contributed by atoms with E-state index in [1.54, 1.807) is 0 Å². The van der Waals surface area contributed by atoms with Gasteiger partial charge in [0.05, 0.1) is 6.10 Å². The van der Waals surface area contributed by atoms with Gasteiger partial charge < -0.3 is 10.4 Å². The van der Waals surface area contributed by atoms with Crippen molar-refractivity contribution >= 4 is 0 Å². The van der Waals surface area contributed by atoms with E-state index in [4.69, 9.17) is 0 Å². The molecule has 0 aliphatic carbocycles. The van der Waals surface area contributed by atoms with Gasteiger partial charge in [0.2, 0.25) is 0 Å². The highest BCUT2D eigenvalue weighted by molar-refractivity contribution is 4.85. The molecule has 2 atom stereocenters. The van der Waals surface area contributed by atoms with Crippen LogP contribution in [-0.2, 0) is 0 Å². The van der Waals surface area contributed by atoms with Gasteiger partial charge in [-0.2, -0.15) is 0 Å². The molecular weight excluding hydrogens is 140 g/mol. The number of β-amino-alcohol motifs (C(OH)–C–C–N with tert-alkyl or cyclic N) is 1. The van der Waals surface area contributed by atoms with Gasteiger partial charge in [-0.3, -0.25) is 4.90 Å². The van der Waals surface area contributed by atoms with E-state index in [-0.39, 0.29) is 6.10 Å². The molecule has 2 saturated heterocycles. The first kappa shape index (κ1) is 7.53. The molecule has 0 aromatic heterocycles. The van der Waals surface area contributed by atoms with Gasteiger partial charge in [0.15, 0.2) is 0 Å². The van der Waals surface area contributed by atoms with E-state index >= 15 is 0 Å². The lowest BCUT2D eigenvalue weighted by Gasteiger charge is -2.21. The Hall–Kier alpha value is -0.120. The van der Waals surface area contributed by atoms with E-state index in [0.717, 1.165) is 32.6 Å². The van der Waals surface area contributed by atoms with Crippen LogP contribution in [0.4, 0.5) is 0 Å². The minimum absolute atomic E-state index is 0.0596. The van der Waals surface area contributed by atoms with Crippen molar-refractivity contribution in [3.8, 4) is 0 Å². The predicted octanol–water partition coefficient (Wildman–Crippen LogP) is -0.585. The van der Waals surface area contributed by atoms with Gasteiger partial charge >= 0.3 is 0 Å². The third kappa shape index (κ3) is 1.55. The van der Waals surface area contributed by atoms with Crippen LogP contribution in [0.2, 0.25) is 0 Å². The Bertz CT molecular complexity index is 134. The summed E-state index contributed by atoms with van der Waals surface area (Å²) in [5.41, 5.74) is 0. The molecule has 0 aromatic carbocycles. The molecule has 0 spiro atoms. The number of hydrogen-bond acceptors (Lipinski definition) is 3. The molecule has 0 amide bonds. The molecule has 0 radical (unpaired) electrons. The van der Waals surface area contributed by atoms with Crippen molar-refractivity contribution in [1.29, 1.82) is 0 Å². The van der Waals surface area contributed by atoms with Gasteiger partial charge in [-0.15, -0.1) is 0 Å². The molecule has 3 nitrogen and oxygen atoms in total. The number of nitrogens with zero attached hydrogens (tertiary/aromatic N) is 1. The molecule has 2 N–H and O–H groups in total. The third-order valence-corrected chi connectivity index (χ3v) is 2.75. The first-order chi connectivity index (χ1) is 5.36. The van der Waals surface area contributed by atoms with Crippen LogP contribution < -0.4 is 5.32 Å². The summed E-state index contributed by atoms with van der Waals surface area (Å²) >= 11 is 0. The summed E-state index contributed by atoms with van der Waals surface area (Å²) in [6.45, 7) is 4.25. The van der Waals surface area contributed by atoms with Gasteiger partial charge in [0.1, 0.15) is 0 Å². The number of nitrogens with one attached hydrogen (secondary N) is 1. The van der Waals surface area contributed by atoms with Crippen LogP contribution in [0.3, 0.4) is 0 Å². The summed E-state index contributed by atoms with van der Waals surface area (Å²) in [6, 6.07) is 0.701. The van der Waals surface area contributed by atoms with E-state index in [1.807, 2.05) is 0 Å². The average Bonchev–Trinajstić information content (AvgIpc) is 2.55. The lowest BCUT2D eigenvalue weighted by Crippen LogP contribution is -2.35. The second-order valence-electron chi connectivity index (χ2n) is 3.58. The van der Waals surface area contributed by atoms with E-state index in [1.165, 1.54) is 6.42 Å². The average molecular weight is 156 g/mol. The summed E-state index contributed by atoms with van der Waals surface area (Å²) in [4.78, 5) is 2.41. The van der Waals surface area contributed by atoms with Crippen LogP contribution in [0.1, 0.15) is 12.8 Å². The predicted molar refractivity (Wildman–Crippen MR) is 43.5 cm³/mol. The SMILES string of the molecule is O[C@H]1CCN([C@@H]2CCNC2)C1. The van der Waals surface area contributed by atoms with Crippen molar-refractivity contribution in [2.45, 2.75) is 25.0 Å². The fourth-order valence-electron chi connectivity index (χ4n) is 2.05. The molecule has 3 heteroatoms. The standard InChI is InChI=1S/C8H16N2O/c11-8-2-4-10(6-8)7-1-3-9-5-7/h7-9,11H,1-6H2/t7-,8+/m1/s1. The maximum atomic E-state index is 9.30. The first-order valence-corrected chi connectivity index (χ1v) is 4.49. The summed E-state index contributed by atoms with van der Waals surface area (Å²) in [7, 11) is 0. The second kappa shape index (κ2) is 3.09. The fourth-order valence-corrected chi connectivity index (χ4v) is 2.05. The summed E-state index contributed by atoms with van der Waals surface area (Å²) in [5.74, 6) is 0. The lowest BCUT2D eigenvalue weighted by molar-refractivity contribution is 0.163. The highest BCUT2D eigenvalue weighted by Gasteiger charge is 2.28. The van der Waals surface area contributed by atoms with Crippen molar-refractivity contribution in [2.24, 2.45) is 0 Å². The summed E-state index contributed by atoms with van der Waals surface area (Å²) < 4.78 is 0. The molecular formula is C8H16N2O. The van der Waals surface area contributed by atoms with Gasteiger partial charge in [-0.05, 0) is 19.4 Å². The quantitative estimate of drug-likeness (QED) is 0.533. The minimum atomic E-state index is -0.0596. The van der Waals surface area contributed by atoms with Crippen LogP contribution in [0.25, 0.3) is 0 Å². The van der Waals surface area contributed by atoms with Gasteiger partial charge in [-0.1, -0.05) is 0 Å². The highest BCUT2D eigenvalue weighted by Crippen LogP contribution is 2.16. The maximum absolute atomic E-state index is 9.30. The molecule has 2 fully saturated rings. The van der Waals surface area contributed by atoms with Crippen molar-refractivity contribution in [1.82, 2.24) is 10.2 Å². The molecule has 0 aromatic rings. The van der Waals surface area contributed by atoms with Gasteiger partial charge in [-0.25, -0.2) is 0 Å². The Kier molecular flexibility index (Phi) is 2.11. The van der Waals surface area contributed by atoms with E-state index in [9.17, 15) is 5.11 Å². The van der Waals surface area contributed by atoms with Crippen LogP contribution in [0, 0.1) is 0 Å². The Labute approximate surface area is 67.4 Å². The summed E-state index contributed by atoms with van der Waals surface area (Å²) in [6.07, 6.45) is 2.17. The topological polar surface area (TPSA) is 35.5 Å². The largest absolute Gasteiger partial charge is 0.392 e. The Morgan fingerprint density at radius 2 is 2.27 bits per heavy atom.